The zero-order valence-corrected chi connectivity index (χ0v) is 5.76. The fraction of sp³-hybridized carbons (Fsp3) is 0.125. The van der Waals surface area contributed by atoms with Crippen LogP contribution in [0.5, 0.6) is 0 Å². The highest BCUT2D eigenvalue weighted by atomic mass is 14.9. The number of anilines is 1. The van der Waals surface area contributed by atoms with Gasteiger partial charge >= 0.3 is 0 Å². The number of hydrogen-bond donors (Lipinski definition) is 1. The van der Waals surface area contributed by atoms with Crippen molar-refractivity contribution >= 4 is 5.69 Å². The van der Waals surface area contributed by atoms with Gasteiger partial charge in [-0.1, -0.05) is 12.1 Å². The topological polar surface area (TPSA) is 35.8 Å². The zero-order chi connectivity index (χ0) is 7.40. The van der Waals surface area contributed by atoms with Crippen molar-refractivity contribution in [2.24, 2.45) is 0 Å². The van der Waals surface area contributed by atoms with Gasteiger partial charge in [0.05, 0.1) is 0 Å². The molecule has 2 nitrogen and oxygen atoms in total. The average Bonchev–Trinajstić information content (AvgIpc) is 1.88. The molecule has 0 radical (unpaired) electrons. The summed E-state index contributed by atoms with van der Waals surface area (Å²) in [6.45, 7) is 1.99. The van der Waals surface area contributed by atoms with E-state index in [1.807, 2.05) is 37.4 Å². The van der Waals surface area contributed by atoms with Crippen LogP contribution in [0.4, 0.5) is 5.69 Å². The molecular weight excluding hydrogens is 124 g/mol. The zero-order valence-electron chi connectivity index (χ0n) is 5.76. The Morgan fingerprint density at radius 1 is 1.50 bits per heavy atom. The first-order valence-corrected chi connectivity index (χ1v) is 3.04. The highest BCUT2D eigenvalue weighted by molar-refractivity contribution is 5.48. The van der Waals surface area contributed by atoms with Crippen LogP contribution in [0.2, 0.25) is 0 Å². The number of nitriles is 1. The normalized spacial score (nSPS) is 8.40. The molecule has 1 rings (SSSR count). The van der Waals surface area contributed by atoms with Crippen LogP contribution in [0.1, 0.15) is 5.56 Å². The molecule has 0 bridgehead atoms. The van der Waals surface area contributed by atoms with Crippen molar-refractivity contribution in [2.75, 3.05) is 5.32 Å². The molecule has 2 heteroatoms. The van der Waals surface area contributed by atoms with E-state index in [0.717, 1.165) is 11.3 Å². The minimum atomic E-state index is 0.850. The number of aryl methyl sites for hydroxylation is 1. The van der Waals surface area contributed by atoms with Crippen molar-refractivity contribution in [1.29, 1.82) is 5.26 Å². The molecule has 0 unspecified atom stereocenters. The monoisotopic (exact) mass is 132 g/mol. The van der Waals surface area contributed by atoms with Gasteiger partial charge in [0.15, 0.2) is 6.19 Å². The van der Waals surface area contributed by atoms with Gasteiger partial charge in [-0.2, -0.15) is 5.26 Å². The quantitative estimate of drug-likeness (QED) is 0.468. The second-order valence-corrected chi connectivity index (χ2v) is 2.11. The lowest BCUT2D eigenvalue weighted by molar-refractivity contribution is 1.43. The van der Waals surface area contributed by atoms with Gasteiger partial charge in [0.2, 0.25) is 0 Å². The molecule has 0 saturated heterocycles. The number of nitrogens with zero attached hydrogens (tertiary/aromatic N) is 1. The maximum absolute atomic E-state index is 8.25. The molecule has 0 amide bonds. The predicted octanol–water partition coefficient (Wildman–Crippen LogP) is 1.89. The van der Waals surface area contributed by atoms with Gasteiger partial charge in [-0.15, -0.1) is 0 Å². The summed E-state index contributed by atoms with van der Waals surface area (Å²) in [4.78, 5) is 0. The van der Waals surface area contributed by atoms with Crippen LogP contribution < -0.4 is 5.32 Å². The Hall–Kier alpha value is -1.49. The van der Waals surface area contributed by atoms with Gasteiger partial charge in [-0.05, 0) is 24.6 Å². The third-order valence-corrected chi connectivity index (χ3v) is 1.22. The lowest BCUT2D eigenvalue weighted by atomic mass is 10.2. The molecule has 10 heavy (non-hydrogen) atoms. The molecule has 1 aromatic carbocycles. The summed E-state index contributed by atoms with van der Waals surface area (Å²) < 4.78 is 0. The van der Waals surface area contributed by atoms with E-state index in [9.17, 15) is 0 Å². The minimum absolute atomic E-state index is 0.850. The third-order valence-electron chi connectivity index (χ3n) is 1.22. The molecule has 0 heterocycles. The molecule has 0 aliphatic rings. The van der Waals surface area contributed by atoms with Gasteiger partial charge < -0.3 is 0 Å². The van der Waals surface area contributed by atoms with Crippen LogP contribution in [0.3, 0.4) is 0 Å². The van der Waals surface area contributed by atoms with E-state index in [0.29, 0.717) is 0 Å². The van der Waals surface area contributed by atoms with Gasteiger partial charge in [0.1, 0.15) is 0 Å². The Bertz CT molecular complexity index is 260. The number of hydrogen-bond acceptors (Lipinski definition) is 2. The first kappa shape index (κ1) is 6.63. The van der Waals surface area contributed by atoms with Gasteiger partial charge in [0.25, 0.3) is 0 Å². The second kappa shape index (κ2) is 2.88. The van der Waals surface area contributed by atoms with Crippen molar-refractivity contribution in [3.05, 3.63) is 29.8 Å². The van der Waals surface area contributed by atoms with E-state index in [2.05, 4.69) is 5.32 Å². The summed E-state index contributed by atoms with van der Waals surface area (Å²) in [6, 6.07) is 7.68. The lowest BCUT2D eigenvalue weighted by Crippen LogP contribution is -1.86. The molecule has 0 atom stereocenters. The molecule has 1 N–H and O–H groups in total. The van der Waals surface area contributed by atoms with E-state index in [1.54, 1.807) is 0 Å². The summed E-state index contributed by atoms with van der Waals surface area (Å²) >= 11 is 0. The molecule has 0 aliphatic carbocycles. The van der Waals surface area contributed by atoms with Crippen LogP contribution in [0.15, 0.2) is 24.3 Å². The van der Waals surface area contributed by atoms with Crippen molar-refractivity contribution in [3.63, 3.8) is 0 Å². The maximum Gasteiger partial charge on any atom is 0.181 e. The predicted molar refractivity (Wildman–Crippen MR) is 40.4 cm³/mol. The standard InChI is InChI=1S/C8H8N2/c1-7-3-2-4-8(5-7)10-6-9/h2-5,10H,1H3. The summed E-state index contributed by atoms with van der Waals surface area (Å²) in [5, 5.41) is 10.8. The number of rotatable bonds is 1. The summed E-state index contributed by atoms with van der Waals surface area (Å²) in [5.74, 6) is 0. The highest BCUT2D eigenvalue weighted by Crippen LogP contribution is 2.07. The molecule has 0 fully saturated rings. The van der Waals surface area contributed by atoms with Gasteiger partial charge in [-0.25, -0.2) is 0 Å². The van der Waals surface area contributed by atoms with E-state index in [1.165, 1.54) is 0 Å². The smallest absolute Gasteiger partial charge is 0.181 e. The van der Waals surface area contributed by atoms with Gasteiger partial charge in [-0.3, -0.25) is 5.32 Å². The fourth-order valence-electron chi connectivity index (χ4n) is 0.787. The third kappa shape index (κ3) is 1.49. The van der Waals surface area contributed by atoms with Crippen LogP contribution in [-0.4, -0.2) is 0 Å². The van der Waals surface area contributed by atoms with Crippen molar-refractivity contribution in [2.45, 2.75) is 6.92 Å². The molecule has 1 aromatic rings. The second-order valence-electron chi connectivity index (χ2n) is 2.11. The maximum atomic E-state index is 8.25. The lowest BCUT2D eigenvalue weighted by Gasteiger charge is -1.96. The van der Waals surface area contributed by atoms with E-state index >= 15 is 0 Å². The van der Waals surface area contributed by atoms with Crippen LogP contribution in [0, 0.1) is 18.4 Å². The van der Waals surface area contributed by atoms with E-state index in [4.69, 9.17) is 5.26 Å². The molecule has 0 saturated carbocycles. The minimum Gasteiger partial charge on any atom is -0.293 e. The summed E-state index contributed by atoms with van der Waals surface area (Å²) in [5.41, 5.74) is 2.00. The summed E-state index contributed by atoms with van der Waals surface area (Å²) in [7, 11) is 0. The van der Waals surface area contributed by atoms with E-state index in [-0.39, 0.29) is 0 Å². The first-order valence-electron chi connectivity index (χ1n) is 3.04. The molecule has 0 spiro atoms. The highest BCUT2D eigenvalue weighted by Gasteiger charge is 1.87. The Morgan fingerprint density at radius 3 is 2.90 bits per heavy atom. The molecule has 0 aliphatic heterocycles. The average molecular weight is 132 g/mol. The first-order chi connectivity index (χ1) is 4.83. The molecule has 50 valence electrons. The fourth-order valence-corrected chi connectivity index (χ4v) is 0.787. The van der Waals surface area contributed by atoms with Crippen molar-refractivity contribution < 1.29 is 0 Å². The molecular formula is C8H8N2. The van der Waals surface area contributed by atoms with Crippen molar-refractivity contribution in [3.8, 4) is 6.19 Å². The Labute approximate surface area is 60.1 Å². The summed E-state index contributed by atoms with van der Waals surface area (Å²) in [6.07, 6.45) is 1.86. The molecule has 0 aromatic heterocycles. The Morgan fingerprint density at radius 2 is 2.30 bits per heavy atom. The SMILES string of the molecule is Cc1cccc(NC#N)c1. The Balaban J connectivity index is 2.87. The Kier molecular flexibility index (Phi) is 1.91. The number of benzene rings is 1. The van der Waals surface area contributed by atoms with E-state index < -0.39 is 0 Å². The van der Waals surface area contributed by atoms with Crippen LogP contribution in [-0.2, 0) is 0 Å². The van der Waals surface area contributed by atoms with Crippen molar-refractivity contribution in [1.82, 2.24) is 0 Å². The number of nitrogens with one attached hydrogen (secondary N) is 1. The van der Waals surface area contributed by atoms with Gasteiger partial charge in [0, 0.05) is 5.69 Å². The largest absolute Gasteiger partial charge is 0.293 e. The van der Waals surface area contributed by atoms with Crippen LogP contribution >= 0.6 is 0 Å². The van der Waals surface area contributed by atoms with Crippen LogP contribution in [0.25, 0.3) is 0 Å².